The van der Waals surface area contributed by atoms with Crippen LogP contribution in [-0.2, 0) is 12.3 Å². The van der Waals surface area contributed by atoms with E-state index >= 15 is 0 Å². The third kappa shape index (κ3) is 4.13. The highest BCUT2D eigenvalue weighted by atomic mass is 35.5. The maximum Gasteiger partial charge on any atom is 0.191 e. The fourth-order valence-electron chi connectivity index (χ4n) is 3.46. The first-order valence-electron chi connectivity index (χ1n) is 9.12. The monoisotopic (exact) mass is 416 g/mol. The van der Waals surface area contributed by atoms with Crippen LogP contribution >= 0.6 is 34.7 Å². The third-order valence-electron chi connectivity index (χ3n) is 4.78. The number of hydrogen-bond acceptors (Lipinski definition) is 5. The SMILES string of the molecule is C=CCn1c(SCc2csc(-c3ccccc3Cl)n2)nnc1C1CCCC1. The summed E-state index contributed by atoms with van der Waals surface area (Å²) in [4.78, 5) is 4.75. The zero-order valence-electron chi connectivity index (χ0n) is 15.0. The molecule has 0 spiro atoms. The molecule has 140 valence electrons. The van der Waals surface area contributed by atoms with Crippen molar-refractivity contribution >= 4 is 34.7 Å². The van der Waals surface area contributed by atoms with Crippen molar-refractivity contribution in [3.05, 3.63) is 58.8 Å². The van der Waals surface area contributed by atoms with E-state index in [-0.39, 0.29) is 0 Å². The molecule has 7 heteroatoms. The molecule has 0 unspecified atom stereocenters. The Balaban J connectivity index is 1.49. The lowest BCUT2D eigenvalue weighted by molar-refractivity contribution is 0.594. The predicted octanol–water partition coefficient (Wildman–Crippen LogP) is 6.19. The average Bonchev–Trinajstić information content (AvgIpc) is 3.42. The van der Waals surface area contributed by atoms with Gasteiger partial charge in [0.15, 0.2) is 5.16 Å². The molecule has 0 amide bonds. The zero-order chi connectivity index (χ0) is 18.6. The Kier molecular flexibility index (Phi) is 5.95. The molecule has 0 saturated heterocycles. The summed E-state index contributed by atoms with van der Waals surface area (Å²) in [6, 6.07) is 7.83. The summed E-state index contributed by atoms with van der Waals surface area (Å²) < 4.78 is 2.22. The molecule has 0 bridgehead atoms. The van der Waals surface area contributed by atoms with Crippen LogP contribution in [0.25, 0.3) is 10.6 Å². The second-order valence-electron chi connectivity index (χ2n) is 6.63. The smallest absolute Gasteiger partial charge is 0.191 e. The van der Waals surface area contributed by atoms with Gasteiger partial charge < -0.3 is 4.57 Å². The van der Waals surface area contributed by atoms with Crippen LogP contribution in [0.1, 0.15) is 43.1 Å². The first kappa shape index (κ1) is 18.7. The van der Waals surface area contributed by atoms with Crippen molar-refractivity contribution in [3.8, 4) is 10.6 Å². The summed E-state index contributed by atoms with van der Waals surface area (Å²) in [6.07, 6.45) is 6.93. The van der Waals surface area contributed by atoms with Gasteiger partial charge in [0.2, 0.25) is 0 Å². The summed E-state index contributed by atoms with van der Waals surface area (Å²) >= 11 is 9.60. The second kappa shape index (κ2) is 8.59. The number of hydrogen-bond donors (Lipinski definition) is 0. The van der Waals surface area contributed by atoms with Crippen molar-refractivity contribution in [2.75, 3.05) is 0 Å². The molecule has 4 nitrogen and oxygen atoms in total. The van der Waals surface area contributed by atoms with E-state index in [2.05, 4.69) is 26.7 Å². The molecule has 1 fully saturated rings. The number of benzene rings is 1. The van der Waals surface area contributed by atoms with Crippen molar-refractivity contribution < 1.29 is 0 Å². The Morgan fingerprint density at radius 1 is 1.26 bits per heavy atom. The normalized spacial score (nSPS) is 14.7. The van der Waals surface area contributed by atoms with Gasteiger partial charge in [0.1, 0.15) is 10.8 Å². The van der Waals surface area contributed by atoms with Crippen LogP contribution < -0.4 is 0 Å². The summed E-state index contributed by atoms with van der Waals surface area (Å²) in [5, 5.41) is 13.7. The summed E-state index contributed by atoms with van der Waals surface area (Å²) in [7, 11) is 0. The molecule has 0 aliphatic heterocycles. The first-order valence-corrected chi connectivity index (χ1v) is 11.4. The van der Waals surface area contributed by atoms with Crippen molar-refractivity contribution in [3.63, 3.8) is 0 Å². The van der Waals surface area contributed by atoms with Crippen LogP contribution in [0.2, 0.25) is 5.02 Å². The minimum Gasteiger partial charge on any atom is -0.302 e. The molecule has 27 heavy (non-hydrogen) atoms. The molecule has 1 aliphatic carbocycles. The highest BCUT2D eigenvalue weighted by Crippen LogP contribution is 2.35. The Hall–Kier alpha value is -1.63. The lowest BCUT2D eigenvalue weighted by atomic mass is 10.1. The Morgan fingerprint density at radius 2 is 2.07 bits per heavy atom. The largest absolute Gasteiger partial charge is 0.302 e. The molecule has 4 rings (SSSR count). The topological polar surface area (TPSA) is 43.6 Å². The van der Waals surface area contributed by atoms with E-state index in [0.717, 1.165) is 44.6 Å². The van der Waals surface area contributed by atoms with E-state index in [9.17, 15) is 0 Å². The standard InChI is InChI=1S/C20H21ClN4S2/c1-2-11-25-18(14-7-3-4-8-14)23-24-20(25)27-13-15-12-26-19(22-15)16-9-5-6-10-17(16)21/h2,5-6,9-10,12,14H,1,3-4,7-8,11,13H2. The highest BCUT2D eigenvalue weighted by Gasteiger charge is 2.24. The van der Waals surface area contributed by atoms with Crippen LogP contribution in [0.5, 0.6) is 0 Å². The Bertz CT molecular complexity index is 928. The number of thioether (sulfide) groups is 1. The maximum absolute atomic E-state index is 6.29. The molecular formula is C20H21ClN4S2. The van der Waals surface area contributed by atoms with Crippen LogP contribution in [0, 0.1) is 0 Å². The van der Waals surface area contributed by atoms with Gasteiger partial charge in [-0.25, -0.2) is 4.98 Å². The van der Waals surface area contributed by atoms with Gasteiger partial charge in [0.25, 0.3) is 0 Å². The molecule has 3 aromatic rings. The van der Waals surface area contributed by atoms with Gasteiger partial charge in [-0.3, -0.25) is 0 Å². The summed E-state index contributed by atoms with van der Waals surface area (Å²) in [5.74, 6) is 2.42. The molecule has 0 atom stereocenters. The van der Waals surface area contributed by atoms with Crippen molar-refractivity contribution in [2.45, 2.75) is 49.1 Å². The number of allylic oxidation sites excluding steroid dienone is 1. The van der Waals surface area contributed by atoms with Crippen LogP contribution in [-0.4, -0.2) is 19.7 Å². The fraction of sp³-hybridized carbons (Fsp3) is 0.350. The van der Waals surface area contributed by atoms with E-state index in [1.807, 2.05) is 30.3 Å². The molecule has 1 aliphatic rings. The molecule has 2 heterocycles. The molecule has 1 aromatic carbocycles. The van der Waals surface area contributed by atoms with Crippen molar-refractivity contribution in [2.24, 2.45) is 0 Å². The van der Waals surface area contributed by atoms with E-state index in [0.29, 0.717) is 5.92 Å². The first-order chi connectivity index (χ1) is 13.3. The van der Waals surface area contributed by atoms with E-state index < -0.39 is 0 Å². The van der Waals surface area contributed by atoms with Crippen molar-refractivity contribution in [1.29, 1.82) is 0 Å². The maximum atomic E-state index is 6.29. The number of aromatic nitrogens is 4. The van der Waals surface area contributed by atoms with Crippen molar-refractivity contribution in [1.82, 2.24) is 19.7 Å². The summed E-state index contributed by atoms with van der Waals surface area (Å²) in [5.41, 5.74) is 2.02. The lowest BCUT2D eigenvalue weighted by Crippen LogP contribution is -2.07. The van der Waals surface area contributed by atoms with Gasteiger partial charge in [-0.05, 0) is 18.9 Å². The van der Waals surface area contributed by atoms with E-state index in [1.165, 1.54) is 25.7 Å². The Labute approximate surface area is 172 Å². The van der Waals surface area contributed by atoms with Gasteiger partial charge in [0.05, 0.1) is 10.7 Å². The van der Waals surface area contributed by atoms with Gasteiger partial charge >= 0.3 is 0 Å². The van der Waals surface area contributed by atoms with Crippen LogP contribution in [0.15, 0.2) is 47.5 Å². The highest BCUT2D eigenvalue weighted by molar-refractivity contribution is 7.98. The quantitative estimate of drug-likeness (QED) is 0.340. The molecular weight excluding hydrogens is 396 g/mol. The molecule has 0 N–H and O–H groups in total. The molecule has 2 aromatic heterocycles. The van der Waals surface area contributed by atoms with Crippen LogP contribution in [0.3, 0.4) is 0 Å². The molecule has 0 radical (unpaired) electrons. The van der Waals surface area contributed by atoms with Gasteiger partial charge in [-0.1, -0.05) is 60.5 Å². The molecule has 1 saturated carbocycles. The van der Waals surface area contributed by atoms with Gasteiger partial charge in [-0.15, -0.1) is 28.1 Å². The van der Waals surface area contributed by atoms with E-state index in [4.69, 9.17) is 16.6 Å². The third-order valence-corrected chi connectivity index (χ3v) is 7.04. The zero-order valence-corrected chi connectivity index (χ0v) is 17.4. The minimum absolute atomic E-state index is 0.540. The summed E-state index contributed by atoms with van der Waals surface area (Å²) in [6.45, 7) is 4.65. The van der Waals surface area contributed by atoms with Crippen LogP contribution in [0.4, 0.5) is 0 Å². The number of thiazole rings is 1. The minimum atomic E-state index is 0.540. The number of halogens is 1. The fourth-order valence-corrected chi connectivity index (χ4v) is 5.56. The lowest BCUT2D eigenvalue weighted by Gasteiger charge is -2.11. The van der Waals surface area contributed by atoms with Gasteiger partial charge in [0, 0.05) is 29.2 Å². The number of nitrogens with zero attached hydrogens (tertiary/aromatic N) is 4. The second-order valence-corrected chi connectivity index (χ2v) is 8.84. The van der Waals surface area contributed by atoms with Gasteiger partial charge in [-0.2, -0.15) is 0 Å². The van der Waals surface area contributed by atoms with E-state index in [1.54, 1.807) is 23.1 Å². The Morgan fingerprint density at radius 3 is 2.85 bits per heavy atom. The number of rotatable bonds is 7. The average molecular weight is 417 g/mol. The predicted molar refractivity (Wildman–Crippen MR) is 114 cm³/mol.